The largest absolute Gasteiger partial charge is 0.317 e. The molecule has 1 aliphatic heterocycles. The minimum absolute atomic E-state index is 0.0248. The fourth-order valence-corrected chi connectivity index (χ4v) is 4.23. The van der Waals surface area contributed by atoms with Crippen LogP contribution in [0.1, 0.15) is 29.8 Å². The van der Waals surface area contributed by atoms with E-state index in [-0.39, 0.29) is 24.2 Å². The summed E-state index contributed by atoms with van der Waals surface area (Å²) in [6, 6.07) is 3.92. The Morgan fingerprint density at radius 3 is 2.74 bits per heavy atom. The highest BCUT2D eigenvalue weighted by atomic mass is 32.2. The van der Waals surface area contributed by atoms with Crippen LogP contribution in [0, 0.1) is 6.92 Å². The average Bonchev–Trinajstić information content (AvgIpc) is 2.84. The van der Waals surface area contributed by atoms with E-state index in [1.165, 1.54) is 4.88 Å². The lowest BCUT2D eigenvalue weighted by molar-refractivity contribution is -0.131. The van der Waals surface area contributed by atoms with Gasteiger partial charge < -0.3 is 4.90 Å². The third-order valence-corrected chi connectivity index (χ3v) is 5.30. The molecule has 1 N–H and O–H groups in total. The Bertz CT molecular complexity index is 501. The standard InChI is InChI=1S/C13H20N2O2S2/c1-8(7-19(4)17)15-12(14-10(3)13(15)16)11-6-5-9(2)18-11/h5-6,8,10,12,14H,7H2,1-4H3. The molecule has 0 spiro atoms. The van der Waals surface area contributed by atoms with E-state index in [0.717, 1.165) is 4.88 Å². The molecule has 0 radical (unpaired) electrons. The Morgan fingerprint density at radius 2 is 2.21 bits per heavy atom. The summed E-state index contributed by atoms with van der Waals surface area (Å²) in [4.78, 5) is 16.5. The molecule has 19 heavy (non-hydrogen) atoms. The van der Waals surface area contributed by atoms with Gasteiger partial charge in [0, 0.05) is 38.6 Å². The van der Waals surface area contributed by atoms with Gasteiger partial charge in [0.15, 0.2) is 0 Å². The minimum Gasteiger partial charge on any atom is -0.317 e. The van der Waals surface area contributed by atoms with Gasteiger partial charge in [-0.3, -0.25) is 14.3 Å². The van der Waals surface area contributed by atoms with Crippen LogP contribution < -0.4 is 5.32 Å². The van der Waals surface area contributed by atoms with E-state index in [0.29, 0.717) is 5.75 Å². The van der Waals surface area contributed by atoms with Crippen LogP contribution in [0.4, 0.5) is 0 Å². The van der Waals surface area contributed by atoms with Crippen LogP contribution in [0.25, 0.3) is 0 Å². The van der Waals surface area contributed by atoms with Crippen molar-refractivity contribution in [2.45, 2.75) is 39.0 Å². The first-order chi connectivity index (χ1) is 8.90. The average molecular weight is 300 g/mol. The number of aryl methyl sites for hydroxylation is 1. The second kappa shape index (κ2) is 5.73. The fraction of sp³-hybridized carbons (Fsp3) is 0.615. The topological polar surface area (TPSA) is 49.4 Å². The number of hydrogen-bond acceptors (Lipinski definition) is 4. The van der Waals surface area contributed by atoms with Crippen LogP contribution in [0.5, 0.6) is 0 Å². The molecule has 1 saturated heterocycles. The molecule has 4 atom stereocenters. The molecule has 0 aromatic carbocycles. The maximum atomic E-state index is 12.3. The van der Waals surface area contributed by atoms with E-state index in [9.17, 15) is 9.00 Å². The zero-order chi connectivity index (χ0) is 14.2. The first-order valence-electron chi connectivity index (χ1n) is 6.34. The zero-order valence-corrected chi connectivity index (χ0v) is 13.3. The highest BCUT2D eigenvalue weighted by Gasteiger charge is 2.40. The lowest BCUT2D eigenvalue weighted by atomic mass is 10.2. The summed E-state index contributed by atoms with van der Waals surface area (Å²) in [5, 5.41) is 3.33. The van der Waals surface area contributed by atoms with Gasteiger partial charge in [-0.1, -0.05) is 0 Å². The van der Waals surface area contributed by atoms with E-state index < -0.39 is 10.8 Å². The van der Waals surface area contributed by atoms with Crippen molar-refractivity contribution in [2.24, 2.45) is 0 Å². The normalized spacial score (nSPS) is 26.7. The molecule has 4 unspecified atom stereocenters. The maximum Gasteiger partial charge on any atom is 0.241 e. The van der Waals surface area contributed by atoms with Crippen LogP contribution >= 0.6 is 11.3 Å². The number of amides is 1. The molecule has 1 aromatic rings. The second-order valence-electron chi connectivity index (χ2n) is 5.07. The van der Waals surface area contributed by atoms with Gasteiger partial charge in [0.05, 0.1) is 6.04 Å². The molecule has 1 aliphatic rings. The van der Waals surface area contributed by atoms with Gasteiger partial charge in [0.25, 0.3) is 0 Å². The lowest BCUT2D eigenvalue weighted by Crippen LogP contribution is -2.40. The van der Waals surface area contributed by atoms with Crippen LogP contribution in [0.2, 0.25) is 0 Å². The van der Waals surface area contributed by atoms with Crippen molar-refractivity contribution < 1.29 is 9.00 Å². The fourth-order valence-electron chi connectivity index (χ4n) is 2.45. The quantitative estimate of drug-likeness (QED) is 0.920. The number of nitrogens with zero attached hydrogens (tertiary/aromatic N) is 1. The Morgan fingerprint density at radius 1 is 1.53 bits per heavy atom. The minimum atomic E-state index is -0.902. The molecule has 0 aliphatic carbocycles. The second-order valence-corrected chi connectivity index (χ2v) is 7.87. The molecule has 2 rings (SSSR count). The Kier molecular flexibility index (Phi) is 4.43. The molecule has 0 bridgehead atoms. The Balaban J connectivity index is 2.25. The molecule has 1 amide bonds. The molecule has 106 valence electrons. The smallest absolute Gasteiger partial charge is 0.241 e. The molecular weight excluding hydrogens is 280 g/mol. The van der Waals surface area contributed by atoms with Gasteiger partial charge in [-0.05, 0) is 32.9 Å². The van der Waals surface area contributed by atoms with Crippen molar-refractivity contribution >= 4 is 28.0 Å². The molecule has 1 aromatic heterocycles. The van der Waals surface area contributed by atoms with Crippen LogP contribution in [-0.4, -0.2) is 39.1 Å². The van der Waals surface area contributed by atoms with Crippen molar-refractivity contribution in [3.05, 3.63) is 21.9 Å². The highest BCUT2D eigenvalue weighted by molar-refractivity contribution is 7.84. The zero-order valence-electron chi connectivity index (χ0n) is 11.7. The summed E-state index contributed by atoms with van der Waals surface area (Å²) < 4.78 is 11.4. The van der Waals surface area contributed by atoms with Gasteiger partial charge >= 0.3 is 0 Å². The monoisotopic (exact) mass is 300 g/mol. The lowest BCUT2D eigenvalue weighted by Gasteiger charge is -2.29. The predicted molar refractivity (Wildman–Crippen MR) is 79.6 cm³/mol. The summed E-state index contributed by atoms with van der Waals surface area (Å²) in [6.07, 6.45) is 1.60. The van der Waals surface area contributed by atoms with E-state index >= 15 is 0 Å². The van der Waals surface area contributed by atoms with Crippen LogP contribution in [-0.2, 0) is 15.6 Å². The SMILES string of the molecule is Cc1ccc(C2NC(C)C(=O)N2C(C)CS(C)=O)s1. The molecular formula is C13H20N2O2S2. The number of hydrogen-bond donors (Lipinski definition) is 1. The molecule has 1 fully saturated rings. The van der Waals surface area contributed by atoms with E-state index in [1.54, 1.807) is 17.6 Å². The van der Waals surface area contributed by atoms with E-state index in [4.69, 9.17) is 0 Å². The molecule has 2 heterocycles. The summed E-state index contributed by atoms with van der Waals surface area (Å²) in [5.41, 5.74) is 0. The van der Waals surface area contributed by atoms with Crippen molar-refractivity contribution in [3.63, 3.8) is 0 Å². The summed E-state index contributed by atoms with van der Waals surface area (Å²) in [7, 11) is -0.902. The van der Waals surface area contributed by atoms with Crippen molar-refractivity contribution in [1.82, 2.24) is 10.2 Å². The number of thiophene rings is 1. The number of rotatable bonds is 4. The maximum absolute atomic E-state index is 12.3. The summed E-state index contributed by atoms with van der Waals surface area (Å²) >= 11 is 1.70. The van der Waals surface area contributed by atoms with Gasteiger partial charge in [0.1, 0.15) is 6.17 Å². The van der Waals surface area contributed by atoms with Gasteiger partial charge in [-0.15, -0.1) is 11.3 Å². The summed E-state index contributed by atoms with van der Waals surface area (Å²) in [5.74, 6) is 0.607. The predicted octanol–water partition coefficient (Wildman–Crippen LogP) is 1.64. The van der Waals surface area contributed by atoms with Crippen molar-refractivity contribution in [2.75, 3.05) is 12.0 Å². The highest BCUT2D eigenvalue weighted by Crippen LogP contribution is 2.32. The van der Waals surface area contributed by atoms with Crippen LogP contribution in [0.3, 0.4) is 0 Å². The first-order valence-corrected chi connectivity index (χ1v) is 8.89. The van der Waals surface area contributed by atoms with Crippen molar-refractivity contribution in [3.8, 4) is 0 Å². The van der Waals surface area contributed by atoms with Crippen molar-refractivity contribution in [1.29, 1.82) is 0 Å². The van der Waals surface area contributed by atoms with Gasteiger partial charge in [-0.25, -0.2) is 0 Å². The van der Waals surface area contributed by atoms with Gasteiger partial charge in [0.2, 0.25) is 5.91 Å². The first kappa shape index (κ1) is 14.7. The third-order valence-electron chi connectivity index (χ3n) is 3.29. The Hall–Kier alpha value is -0.720. The number of carbonyl (C=O) groups is 1. The molecule has 0 saturated carbocycles. The van der Waals surface area contributed by atoms with Gasteiger partial charge in [-0.2, -0.15) is 0 Å². The number of nitrogens with one attached hydrogen (secondary N) is 1. The summed E-state index contributed by atoms with van der Waals surface area (Å²) in [6.45, 7) is 5.90. The molecule has 4 nitrogen and oxygen atoms in total. The van der Waals surface area contributed by atoms with E-state index in [1.807, 2.05) is 18.7 Å². The van der Waals surface area contributed by atoms with E-state index in [2.05, 4.69) is 24.4 Å². The molecule has 6 heteroatoms. The number of carbonyl (C=O) groups excluding carboxylic acids is 1. The van der Waals surface area contributed by atoms with Crippen LogP contribution in [0.15, 0.2) is 12.1 Å². The third kappa shape index (κ3) is 3.07. The Labute approximate surface area is 120 Å².